The molecule has 0 fully saturated rings. The van der Waals surface area contributed by atoms with Crippen LogP contribution in [-0.4, -0.2) is 15.7 Å². The van der Waals surface area contributed by atoms with Crippen molar-refractivity contribution in [3.05, 3.63) is 47.5 Å². The number of hydrogen-bond acceptors (Lipinski definition) is 4. The maximum Gasteiger partial charge on any atom is 0.171 e. The van der Waals surface area contributed by atoms with Gasteiger partial charge in [0.2, 0.25) is 0 Å². The first-order valence-corrected chi connectivity index (χ1v) is 6.56. The van der Waals surface area contributed by atoms with E-state index in [-0.39, 0.29) is 6.10 Å². The number of ether oxygens (including phenoxy) is 1. The molecule has 1 aliphatic heterocycles. The molecule has 0 amide bonds. The van der Waals surface area contributed by atoms with E-state index in [0.29, 0.717) is 11.0 Å². The molecule has 1 aliphatic rings. The van der Waals surface area contributed by atoms with E-state index < -0.39 is 0 Å². The molecule has 0 bridgehead atoms. The number of hydrogen-bond donors (Lipinski definition) is 0. The quantitative estimate of drug-likeness (QED) is 0.740. The van der Waals surface area contributed by atoms with Crippen molar-refractivity contribution in [2.45, 2.75) is 11.0 Å². The molecule has 1 aromatic heterocycles. The Hall–Kier alpha value is -1.26. The third kappa shape index (κ3) is 2.23. The van der Waals surface area contributed by atoms with E-state index >= 15 is 0 Å². The number of halogens is 1. The Labute approximate surface area is 108 Å². The smallest absolute Gasteiger partial charge is 0.171 e. The summed E-state index contributed by atoms with van der Waals surface area (Å²) in [6.45, 7) is 0. The lowest BCUT2D eigenvalue weighted by atomic mass is 10.3. The maximum absolute atomic E-state index is 5.87. The van der Waals surface area contributed by atoms with Crippen molar-refractivity contribution >= 4 is 23.4 Å². The Balaban J connectivity index is 1.89. The van der Waals surface area contributed by atoms with Gasteiger partial charge < -0.3 is 4.74 Å². The van der Waals surface area contributed by atoms with Gasteiger partial charge in [0.05, 0.1) is 0 Å². The van der Waals surface area contributed by atoms with Crippen LogP contribution in [-0.2, 0) is 0 Å². The van der Waals surface area contributed by atoms with Crippen molar-refractivity contribution in [2.24, 2.45) is 0 Å². The molecule has 0 radical (unpaired) electrons. The third-order valence-corrected chi connectivity index (χ3v) is 3.77. The Bertz CT molecular complexity index is 550. The van der Waals surface area contributed by atoms with E-state index in [9.17, 15) is 0 Å². The van der Waals surface area contributed by atoms with Gasteiger partial charge in [-0.1, -0.05) is 23.7 Å². The highest BCUT2D eigenvalue weighted by atomic mass is 35.5. The average molecular weight is 265 g/mol. The first kappa shape index (κ1) is 10.9. The van der Waals surface area contributed by atoms with Crippen LogP contribution < -0.4 is 4.74 Å². The van der Waals surface area contributed by atoms with Crippen LogP contribution in [0.5, 0.6) is 5.75 Å². The number of para-hydroxylation sites is 1. The normalized spacial score (nSPS) is 18.3. The van der Waals surface area contributed by atoms with Crippen LogP contribution in [0.15, 0.2) is 41.4 Å². The zero-order valence-electron chi connectivity index (χ0n) is 8.84. The maximum atomic E-state index is 5.87. The molecule has 1 aromatic carbocycles. The molecule has 5 heteroatoms. The van der Waals surface area contributed by atoms with Gasteiger partial charge in [-0.05, 0) is 18.2 Å². The Morgan fingerprint density at radius 1 is 1.29 bits per heavy atom. The standard InChI is InChI=1S/C12H9ClN2OS/c13-11-5-6-14-12(15-11)9-7-17-10-4-2-1-3-8(10)16-9/h1-6,9H,7H2. The fourth-order valence-corrected chi connectivity index (χ4v) is 2.78. The molecule has 0 saturated carbocycles. The van der Waals surface area contributed by atoms with E-state index in [1.165, 1.54) is 0 Å². The van der Waals surface area contributed by atoms with E-state index in [0.717, 1.165) is 16.4 Å². The Morgan fingerprint density at radius 3 is 3.06 bits per heavy atom. The molecule has 0 N–H and O–H groups in total. The van der Waals surface area contributed by atoms with Crippen molar-refractivity contribution < 1.29 is 4.74 Å². The van der Waals surface area contributed by atoms with E-state index in [4.69, 9.17) is 16.3 Å². The molecule has 1 atom stereocenters. The van der Waals surface area contributed by atoms with Crippen LogP contribution >= 0.6 is 23.4 Å². The summed E-state index contributed by atoms with van der Waals surface area (Å²) < 4.78 is 5.87. The van der Waals surface area contributed by atoms with Gasteiger partial charge in [-0.3, -0.25) is 0 Å². The second kappa shape index (κ2) is 4.55. The van der Waals surface area contributed by atoms with Crippen molar-refractivity contribution in [3.8, 4) is 5.75 Å². The van der Waals surface area contributed by atoms with Gasteiger partial charge in [0, 0.05) is 16.8 Å². The monoisotopic (exact) mass is 264 g/mol. The summed E-state index contributed by atoms with van der Waals surface area (Å²) in [6, 6.07) is 9.63. The minimum atomic E-state index is -0.131. The van der Waals surface area contributed by atoms with E-state index in [2.05, 4.69) is 16.0 Å². The molecule has 0 aliphatic carbocycles. The molecule has 86 valence electrons. The lowest BCUT2D eigenvalue weighted by Gasteiger charge is -2.24. The molecule has 3 rings (SSSR count). The third-order valence-electron chi connectivity index (χ3n) is 2.44. The minimum Gasteiger partial charge on any atom is -0.480 e. The number of rotatable bonds is 1. The first-order valence-electron chi connectivity index (χ1n) is 5.20. The zero-order chi connectivity index (χ0) is 11.7. The summed E-state index contributed by atoms with van der Waals surface area (Å²) in [5.41, 5.74) is 0. The van der Waals surface area contributed by atoms with E-state index in [1.807, 2.05) is 18.2 Å². The molecular weight excluding hydrogens is 256 g/mol. The lowest BCUT2D eigenvalue weighted by Crippen LogP contribution is -2.17. The van der Waals surface area contributed by atoms with Crippen molar-refractivity contribution in [2.75, 3.05) is 5.75 Å². The van der Waals surface area contributed by atoms with Gasteiger partial charge >= 0.3 is 0 Å². The highest BCUT2D eigenvalue weighted by molar-refractivity contribution is 7.99. The zero-order valence-corrected chi connectivity index (χ0v) is 10.4. The minimum absolute atomic E-state index is 0.131. The number of nitrogens with zero attached hydrogens (tertiary/aromatic N) is 2. The molecule has 0 saturated heterocycles. The molecule has 2 aromatic rings. The summed E-state index contributed by atoms with van der Waals surface area (Å²) in [6.07, 6.45) is 1.52. The predicted octanol–water partition coefficient (Wildman–Crippen LogP) is 3.36. The van der Waals surface area contributed by atoms with Crippen molar-refractivity contribution in [1.82, 2.24) is 9.97 Å². The molecule has 0 spiro atoms. The number of aromatic nitrogens is 2. The summed E-state index contributed by atoms with van der Waals surface area (Å²) in [5.74, 6) is 2.33. The van der Waals surface area contributed by atoms with Crippen molar-refractivity contribution in [1.29, 1.82) is 0 Å². The fraction of sp³-hybridized carbons (Fsp3) is 0.167. The SMILES string of the molecule is Clc1ccnc(C2CSc3ccccc3O2)n1. The largest absolute Gasteiger partial charge is 0.480 e. The van der Waals surface area contributed by atoms with Gasteiger partial charge in [0.25, 0.3) is 0 Å². The summed E-state index contributed by atoms with van der Waals surface area (Å²) in [5, 5.41) is 0.447. The predicted molar refractivity (Wildman–Crippen MR) is 67.6 cm³/mol. The molecule has 17 heavy (non-hydrogen) atoms. The van der Waals surface area contributed by atoms with E-state index in [1.54, 1.807) is 24.0 Å². The fourth-order valence-electron chi connectivity index (χ4n) is 1.65. The van der Waals surface area contributed by atoms with Crippen LogP contribution in [0.2, 0.25) is 5.15 Å². The van der Waals surface area contributed by atoms with Crippen molar-refractivity contribution in [3.63, 3.8) is 0 Å². The van der Waals surface area contributed by atoms with Gasteiger partial charge in [0.1, 0.15) is 10.9 Å². The van der Waals surface area contributed by atoms with Gasteiger partial charge in [-0.15, -0.1) is 11.8 Å². The first-order chi connectivity index (χ1) is 8.33. The molecule has 2 heterocycles. The van der Waals surface area contributed by atoms with Gasteiger partial charge in [-0.2, -0.15) is 0 Å². The average Bonchev–Trinajstić information content (AvgIpc) is 2.38. The highest BCUT2D eigenvalue weighted by Crippen LogP contribution is 2.39. The van der Waals surface area contributed by atoms with Crippen LogP contribution in [0.3, 0.4) is 0 Å². The summed E-state index contributed by atoms with van der Waals surface area (Å²) in [4.78, 5) is 9.55. The van der Waals surface area contributed by atoms with Gasteiger partial charge in [0.15, 0.2) is 11.9 Å². The number of thioether (sulfide) groups is 1. The molecule has 1 unspecified atom stereocenters. The van der Waals surface area contributed by atoms with Crippen LogP contribution in [0.4, 0.5) is 0 Å². The highest BCUT2D eigenvalue weighted by Gasteiger charge is 2.23. The van der Waals surface area contributed by atoms with Crippen LogP contribution in [0, 0.1) is 0 Å². The second-order valence-electron chi connectivity index (χ2n) is 3.60. The van der Waals surface area contributed by atoms with Crippen LogP contribution in [0.25, 0.3) is 0 Å². The van der Waals surface area contributed by atoms with Gasteiger partial charge in [-0.25, -0.2) is 9.97 Å². The lowest BCUT2D eigenvalue weighted by molar-refractivity contribution is 0.210. The number of benzene rings is 1. The Morgan fingerprint density at radius 2 is 2.18 bits per heavy atom. The second-order valence-corrected chi connectivity index (χ2v) is 5.05. The van der Waals surface area contributed by atoms with Crippen LogP contribution in [0.1, 0.15) is 11.9 Å². The topological polar surface area (TPSA) is 35.0 Å². The molecular formula is C12H9ClN2OS. The number of fused-ring (bicyclic) bond motifs is 1. The molecule has 3 nitrogen and oxygen atoms in total. The summed E-state index contributed by atoms with van der Waals surface area (Å²) >= 11 is 7.60. The Kier molecular flexibility index (Phi) is 2.91. The summed E-state index contributed by atoms with van der Waals surface area (Å²) in [7, 11) is 0.